The number of phenols is 1. The quantitative estimate of drug-likeness (QED) is 0.672. The smallest absolute Gasteiger partial charge is 0.152 e. The monoisotopic (exact) mass is 329 g/mol. The average molecular weight is 330 g/mol. The van der Waals surface area contributed by atoms with Gasteiger partial charge in [0.2, 0.25) is 0 Å². The maximum atomic E-state index is 9.57. The van der Waals surface area contributed by atoms with Crippen molar-refractivity contribution in [2.75, 3.05) is 0 Å². The van der Waals surface area contributed by atoms with Crippen LogP contribution in [0.4, 0.5) is 0 Å². The second-order valence-electron chi connectivity index (χ2n) is 4.61. The Morgan fingerprint density at radius 3 is 2.55 bits per heavy atom. The molecule has 0 radical (unpaired) electrons. The van der Waals surface area contributed by atoms with Crippen molar-refractivity contribution < 1.29 is 5.11 Å². The SMILES string of the molecule is N#CC(=Cc1cc(Cl)c(O)c(Cl)c1)c1nc2ccccc2[nH]1. The van der Waals surface area contributed by atoms with Crippen LogP contribution in [-0.2, 0) is 0 Å². The lowest BCUT2D eigenvalue weighted by Gasteiger charge is -2.02. The van der Waals surface area contributed by atoms with E-state index in [0.29, 0.717) is 17.0 Å². The van der Waals surface area contributed by atoms with E-state index in [1.807, 2.05) is 24.3 Å². The van der Waals surface area contributed by atoms with Crippen LogP contribution >= 0.6 is 23.2 Å². The molecule has 2 aromatic carbocycles. The summed E-state index contributed by atoms with van der Waals surface area (Å²) in [6.45, 7) is 0. The second-order valence-corrected chi connectivity index (χ2v) is 5.42. The van der Waals surface area contributed by atoms with Crippen molar-refractivity contribution >= 4 is 45.9 Å². The summed E-state index contributed by atoms with van der Waals surface area (Å²) in [6.07, 6.45) is 1.61. The van der Waals surface area contributed by atoms with Gasteiger partial charge in [0.25, 0.3) is 0 Å². The third-order valence-electron chi connectivity index (χ3n) is 3.12. The third kappa shape index (κ3) is 2.64. The number of nitrogens with zero attached hydrogens (tertiary/aromatic N) is 2. The molecule has 3 aromatic rings. The summed E-state index contributed by atoms with van der Waals surface area (Å²) in [5.41, 5.74) is 2.57. The molecule has 0 bridgehead atoms. The molecule has 3 rings (SSSR count). The predicted octanol–water partition coefficient (Wildman–Crippen LogP) is 4.64. The highest BCUT2D eigenvalue weighted by Crippen LogP contribution is 2.33. The van der Waals surface area contributed by atoms with Gasteiger partial charge in [-0.3, -0.25) is 0 Å². The Kier molecular flexibility index (Phi) is 3.76. The van der Waals surface area contributed by atoms with Gasteiger partial charge in [-0.25, -0.2) is 4.98 Å². The Labute approximate surface area is 136 Å². The van der Waals surface area contributed by atoms with Crippen molar-refractivity contribution in [2.45, 2.75) is 0 Å². The minimum absolute atomic E-state index is 0.126. The molecular formula is C16H9Cl2N3O. The summed E-state index contributed by atoms with van der Waals surface area (Å²) in [6, 6.07) is 12.7. The fraction of sp³-hybridized carbons (Fsp3) is 0. The van der Waals surface area contributed by atoms with Gasteiger partial charge < -0.3 is 10.1 Å². The van der Waals surface area contributed by atoms with Crippen LogP contribution in [0.2, 0.25) is 10.0 Å². The first kappa shape index (κ1) is 14.5. The second kappa shape index (κ2) is 5.72. The largest absolute Gasteiger partial charge is 0.505 e. The predicted molar refractivity (Wildman–Crippen MR) is 87.7 cm³/mol. The highest BCUT2D eigenvalue weighted by molar-refractivity contribution is 6.37. The van der Waals surface area contributed by atoms with Gasteiger partial charge in [-0.1, -0.05) is 35.3 Å². The van der Waals surface area contributed by atoms with Crippen molar-refractivity contribution in [3.63, 3.8) is 0 Å². The lowest BCUT2D eigenvalue weighted by Crippen LogP contribution is -1.85. The molecule has 1 aromatic heterocycles. The van der Waals surface area contributed by atoms with E-state index in [-0.39, 0.29) is 15.8 Å². The lowest BCUT2D eigenvalue weighted by molar-refractivity contribution is 0.476. The summed E-state index contributed by atoms with van der Waals surface area (Å²) < 4.78 is 0. The van der Waals surface area contributed by atoms with E-state index in [2.05, 4.69) is 16.0 Å². The van der Waals surface area contributed by atoms with Crippen molar-refractivity contribution in [2.24, 2.45) is 0 Å². The molecule has 4 nitrogen and oxygen atoms in total. The highest BCUT2D eigenvalue weighted by atomic mass is 35.5. The van der Waals surface area contributed by atoms with Crippen LogP contribution in [0.5, 0.6) is 5.75 Å². The zero-order chi connectivity index (χ0) is 15.7. The molecule has 0 unspecified atom stereocenters. The number of allylic oxidation sites excluding steroid dienone is 1. The molecule has 0 saturated carbocycles. The fourth-order valence-electron chi connectivity index (χ4n) is 2.07. The molecule has 108 valence electrons. The number of para-hydroxylation sites is 2. The molecule has 0 aliphatic rings. The molecule has 0 saturated heterocycles. The molecule has 0 amide bonds. The molecule has 0 aliphatic heterocycles. The van der Waals surface area contributed by atoms with E-state index in [9.17, 15) is 10.4 Å². The number of hydrogen-bond acceptors (Lipinski definition) is 3. The number of aromatic hydroxyl groups is 1. The molecule has 0 atom stereocenters. The van der Waals surface area contributed by atoms with Crippen LogP contribution in [0.1, 0.15) is 11.4 Å². The lowest BCUT2D eigenvalue weighted by atomic mass is 10.1. The van der Waals surface area contributed by atoms with Crippen molar-refractivity contribution in [1.82, 2.24) is 9.97 Å². The fourth-order valence-corrected chi connectivity index (χ4v) is 2.57. The standard InChI is InChI=1S/C16H9Cl2N3O/c17-11-6-9(7-12(18)15(11)22)5-10(8-19)16-20-13-3-1-2-4-14(13)21-16/h1-7,22H,(H,20,21). The Morgan fingerprint density at radius 1 is 1.23 bits per heavy atom. The molecule has 2 N–H and O–H groups in total. The number of hydrogen-bond donors (Lipinski definition) is 2. The van der Waals surface area contributed by atoms with Crippen LogP contribution in [0.3, 0.4) is 0 Å². The summed E-state index contributed by atoms with van der Waals surface area (Å²) in [4.78, 5) is 7.47. The van der Waals surface area contributed by atoms with Gasteiger partial charge in [0.05, 0.1) is 26.7 Å². The third-order valence-corrected chi connectivity index (χ3v) is 3.69. The number of nitriles is 1. The molecule has 0 spiro atoms. The molecule has 0 aliphatic carbocycles. The number of fused-ring (bicyclic) bond motifs is 1. The summed E-state index contributed by atoms with van der Waals surface area (Å²) in [5.74, 6) is 0.284. The number of imidazole rings is 1. The van der Waals surface area contributed by atoms with Crippen molar-refractivity contribution in [3.8, 4) is 11.8 Å². The van der Waals surface area contributed by atoms with Crippen LogP contribution in [-0.4, -0.2) is 15.1 Å². The van der Waals surface area contributed by atoms with E-state index in [1.54, 1.807) is 6.08 Å². The highest BCUT2D eigenvalue weighted by Gasteiger charge is 2.10. The molecule has 0 fully saturated rings. The van der Waals surface area contributed by atoms with Crippen LogP contribution in [0, 0.1) is 11.3 Å². The summed E-state index contributed by atoms with van der Waals surface area (Å²) in [5, 5.41) is 19.2. The first-order valence-corrected chi connectivity index (χ1v) is 7.09. The molecule has 6 heteroatoms. The number of aromatic amines is 1. The van der Waals surface area contributed by atoms with E-state index in [1.165, 1.54) is 12.1 Å². The van der Waals surface area contributed by atoms with E-state index < -0.39 is 0 Å². The normalized spacial score (nSPS) is 11.6. The maximum absolute atomic E-state index is 9.57. The average Bonchev–Trinajstić information content (AvgIpc) is 2.93. The Bertz CT molecular complexity index is 882. The Morgan fingerprint density at radius 2 is 1.91 bits per heavy atom. The van der Waals surface area contributed by atoms with E-state index >= 15 is 0 Å². The number of rotatable bonds is 2. The van der Waals surface area contributed by atoms with Crippen LogP contribution < -0.4 is 0 Å². The molecular weight excluding hydrogens is 321 g/mol. The number of H-pyrrole nitrogens is 1. The number of aromatic nitrogens is 2. The maximum Gasteiger partial charge on any atom is 0.152 e. The topological polar surface area (TPSA) is 72.7 Å². The first-order valence-electron chi connectivity index (χ1n) is 6.33. The van der Waals surface area contributed by atoms with Gasteiger partial charge in [0, 0.05) is 0 Å². The van der Waals surface area contributed by atoms with Gasteiger partial charge in [0.1, 0.15) is 11.9 Å². The Hall–Kier alpha value is -2.48. The van der Waals surface area contributed by atoms with Crippen LogP contribution in [0.15, 0.2) is 36.4 Å². The van der Waals surface area contributed by atoms with E-state index in [4.69, 9.17) is 23.2 Å². The number of phenolic OH excluding ortho intramolecular Hbond substituents is 1. The zero-order valence-electron chi connectivity index (χ0n) is 11.1. The van der Waals surface area contributed by atoms with Gasteiger partial charge in [-0.15, -0.1) is 0 Å². The number of nitrogens with one attached hydrogen (secondary N) is 1. The first-order chi connectivity index (χ1) is 10.6. The van der Waals surface area contributed by atoms with Gasteiger partial charge in [-0.2, -0.15) is 5.26 Å². The minimum Gasteiger partial charge on any atom is -0.505 e. The number of benzene rings is 2. The van der Waals surface area contributed by atoms with Gasteiger partial charge in [0.15, 0.2) is 5.75 Å². The number of halogens is 2. The zero-order valence-corrected chi connectivity index (χ0v) is 12.7. The summed E-state index contributed by atoms with van der Waals surface area (Å²) in [7, 11) is 0. The van der Waals surface area contributed by atoms with Crippen molar-refractivity contribution in [1.29, 1.82) is 5.26 Å². The van der Waals surface area contributed by atoms with E-state index in [0.717, 1.165) is 11.0 Å². The molecule has 1 heterocycles. The molecule has 22 heavy (non-hydrogen) atoms. The minimum atomic E-state index is -0.178. The Balaban J connectivity index is 2.09. The summed E-state index contributed by atoms with van der Waals surface area (Å²) >= 11 is 11.8. The van der Waals surface area contributed by atoms with Gasteiger partial charge in [-0.05, 0) is 35.9 Å². The van der Waals surface area contributed by atoms with Crippen molar-refractivity contribution in [3.05, 3.63) is 57.8 Å². The van der Waals surface area contributed by atoms with Crippen LogP contribution in [0.25, 0.3) is 22.7 Å². The van der Waals surface area contributed by atoms with Gasteiger partial charge >= 0.3 is 0 Å².